The maximum atomic E-state index is 11.7. The lowest BCUT2D eigenvalue weighted by atomic mass is 9.79. The molecule has 0 atom stereocenters. The first-order chi connectivity index (χ1) is 9.02. The third-order valence-electron chi connectivity index (χ3n) is 2.80. The van der Waals surface area contributed by atoms with Crippen LogP contribution >= 0.6 is 0 Å². The fourth-order valence-corrected chi connectivity index (χ4v) is 1.86. The third-order valence-corrected chi connectivity index (χ3v) is 2.80. The molecule has 6 heteroatoms. The SMILES string of the molecule is Cc1cc(-c2ccc(B(O)O)cc2)c(C#N)c(=O)[nH]1. The van der Waals surface area contributed by atoms with Crippen molar-refractivity contribution < 1.29 is 10.0 Å². The van der Waals surface area contributed by atoms with E-state index in [1.807, 2.05) is 6.07 Å². The molecule has 1 heterocycles. The van der Waals surface area contributed by atoms with Gasteiger partial charge in [-0.3, -0.25) is 4.79 Å². The Morgan fingerprint density at radius 3 is 2.42 bits per heavy atom. The lowest BCUT2D eigenvalue weighted by Gasteiger charge is -2.06. The second-order valence-corrected chi connectivity index (χ2v) is 4.18. The van der Waals surface area contributed by atoms with Gasteiger partial charge in [0.25, 0.3) is 5.56 Å². The lowest BCUT2D eigenvalue weighted by Crippen LogP contribution is -2.29. The molecule has 5 nitrogen and oxygen atoms in total. The van der Waals surface area contributed by atoms with E-state index < -0.39 is 12.7 Å². The van der Waals surface area contributed by atoms with Crippen molar-refractivity contribution in [1.82, 2.24) is 4.98 Å². The highest BCUT2D eigenvalue weighted by Crippen LogP contribution is 2.20. The number of aromatic nitrogens is 1. The van der Waals surface area contributed by atoms with E-state index in [4.69, 9.17) is 15.3 Å². The molecule has 0 aliphatic rings. The number of rotatable bonds is 2. The summed E-state index contributed by atoms with van der Waals surface area (Å²) >= 11 is 0. The minimum absolute atomic E-state index is 0.0443. The predicted octanol–water partition coefficient (Wildman–Crippen LogP) is -0.0982. The van der Waals surface area contributed by atoms with Gasteiger partial charge < -0.3 is 15.0 Å². The van der Waals surface area contributed by atoms with Crippen molar-refractivity contribution in [3.63, 3.8) is 0 Å². The third kappa shape index (κ3) is 2.57. The van der Waals surface area contributed by atoms with Crippen molar-refractivity contribution in [3.05, 3.63) is 51.9 Å². The highest BCUT2D eigenvalue weighted by atomic mass is 16.4. The van der Waals surface area contributed by atoms with Gasteiger partial charge in [-0.2, -0.15) is 5.26 Å². The summed E-state index contributed by atoms with van der Waals surface area (Å²) in [6.07, 6.45) is 0. The molecule has 19 heavy (non-hydrogen) atoms. The summed E-state index contributed by atoms with van der Waals surface area (Å²) < 4.78 is 0. The summed E-state index contributed by atoms with van der Waals surface area (Å²) in [4.78, 5) is 14.3. The predicted molar refractivity (Wildman–Crippen MR) is 71.8 cm³/mol. The van der Waals surface area contributed by atoms with Crippen molar-refractivity contribution in [2.45, 2.75) is 6.92 Å². The Labute approximate surface area is 109 Å². The minimum atomic E-state index is -1.54. The summed E-state index contributed by atoms with van der Waals surface area (Å²) in [5.74, 6) is 0. The summed E-state index contributed by atoms with van der Waals surface area (Å²) in [6, 6.07) is 9.96. The molecular weight excluding hydrogens is 243 g/mol. The van der Waals surface area contributed by atoms with Crippen molar-refractivity contribution in [1.29, 1.82) is 5.26 Å². The average Bonchev–Trinajstić information content (AvgIpc) is 2.38. The van der Waals surface area contributed by atoms with Crippen LogP contribution in [0, 0.1) is 18.3 Å². The molecule has 0 unspecified atom stereocenters. The smallest absolute Gasteiger partial charge is 0.423 e. The van der Waals surface area contributed by atoms with E-state index in [1.54, 1.807) is 25.1 Å². The number of aryl methyl sites for hydroxylation is 1. The number of nitrogens with one attached hydrogen (secondary N) is 1. The fraction of sp³-hybridized carbons (Fsp3) is 0.0769. The molecule has 0 aliphatic heterocycles. The molecule has 0 saturated carbocycles. The molecular formula is C13H11BN2O3. The molecule has 3 N–H and O–H groups in total. The van der Waals surface area contributed by atoms with E-state index >= 15 is 0 Å². The van der Waals surface area contributed by atoms with Crippen molar-refractivity contribution in [3.8, 4) is 17.2 Å². The van der Waals surface area contributed by atoms with E-state index in [2.05, 4.69) is 4.98 Å². The summed E-state index contributed by atoms with van der Waals surface area (Å²) in [5, 5.41) is 27.1. The first-order valence-corrected chi connectivity index (χ1v) is 5.63. The molecule has 0 saturated heterocycles. The van der Waals surface area contributed by atoms with Gasteiger partial charge in [0.05, 0.1) is 0 Å². The number of nitrogens with zero attached hydrogens (tertiary/aromatic N) is 1. The second-order valence-electron chi connectivity index (χ2n) is 4.18. The first-order valence-electron chi connectivity index (χ1n) is 5.63. The van der Waals surface area contributed by atoms with Gasteiger partial charge in [0.2, 0.25) is 0 Å². The van der Waals surface area contributed by atoms with Crippen LogP contribution < -0.4 is 11.0 Å². The van der Waals surface area contributed by atoms with Crippen molar-refractivity contribution in [2.75, 3.05) is 0 Å². The Morgan fingerprint density at radius 2 is 1.89 bits per heavy atom. The number of hydrogen-bond acceptors (Lipinski definition) is 4. The van der Waals surface area contributed by atoms with Crippen LogP contribution in [0.2, 0.25) is 0 Å². The van der Waals surface area contributed by atoms with Crippen LogP contribution in [0.4, 0.5) is 0 Å². The molecule has 0 bridgehead atoms. The summed E-state index contributed by atoms with van der Waals surface area (Å²) in [5.41, 5.74) is 1.83. The zero-order valence-electron chi connectivity index (χ0n) is 10.2. The monoisotopic (exact) mass is 254 g/mol. The molecule has 2 aromatic rings. The van der Waals surface area contributed by atoms with Gasteiger partial charge in [0.1, 0.15) is 11.6 Å². The molecule has 1 aromatic heterocycles. The van der Waals surface area contributed by atoms with Crippen LogP contribution in [-0.2, 0) is 0 Å². The average molecular weight is 254 g/mol. The fourth-order valence-electron chi connectivity index (χ4n) is 1.86. The molecule has 94 valence electrons. The number of benzene rings is 1. The molecule has 0 amide bonds. The largest absolute Gasteiger partial charge is 0.488 e. The highest BCUT2D eigenvalue weighted by molar-refractivity contribution is 6.58. The molecule has 0 aliphatic carbocycles. The Morgan fingerprint density at radius 1 is 1.26 bits per heavy atom. The van der Waals surface area contributed by atoms with E-state index in [0.29, 0.717) is 22.3 Å². The van der Waals surface area contributed by atoms with Crippen LogP contribution in [0.1, 0.15) is 11.3 Å². The molecule has 0 spiro atoms. The van der Waals surface area contributed by atoms with Crippen LogP contribution in [-0.4, -0.2) is 22.2 Å². The Bertz CT molecular complexity index is 699. The number of hydrogen-bond donors (Lipinski definition) is 3. The van der Waals surface area contributed by atoms with Gasteiger partial charge >= 0.3 is 7.12 Å². The van der Waals surface area contributed by atoms with Gasteiger partial charge in [-0.25, -0.2) is 0 Å². The van der Waals surface area contributed by atoms with E-state index in [0.717, 1.165) is 0 Å². The van der Waals surface area contributed by atoms with E-state index in [1.165, 1.54) is 12.1 Å². The molecule has 0 radical (unpaired) electrons. The van der Waals surface area contributed by atoms with Gasteiger partial charge in [0.15, 0.2) is 0 Å². The Kier molecular flexibility index (Phi) is 3.51. The molecule has 0 fully saturated rings. The van der Waals surface area contributed by atoms with Crippen LogP contribution in [0.15, 0.2) is 35.1 Å². The maximum absolute atomic E-state index is 11.7. The lowest BCUT2D eigenvalue weighted by molar-refractivity contribution is 0.426. The van der Waals surface area contributed by atoms with Crippen LogP contribution in [0.3, 0.4) is 0 Å². The topological polar surface area (TPSA) is 97.1 Å². The maximum Gasteiger partial charge on any atom is 0.488 e. The molecule has 1 aromatic carbocycles. The molecule has 2 rings (SSSR count). The zero-order chi connectivity index (χ0) is 14.0. The Balaban J connectivity index is 2.59. The van der Waals surface area contributed by atoms with Gasteiger partial charge in [-0.1, -0.05) is 24.3 Å². The summed E-state index contributed by atoms with van der Waals surface area (Å²) in [7, 11) is -1.54. The van der Waals surface area contributed by atoms with Crippen LogP contribution in [0.5, 0.6) is 0 Å². The first kappa shape index (κ1) is 13.1. The standard InChI is InChI=1S/C13H11BN2O3/c1-8-6-11(12(7-15)13(17)16-8)9-2-4-10(5-3-9)14(18)19/h2-6,18-19H,1H3,(H,16,17). The van der Waals surface area contributed by atoms with Gasteiger partial charge in [-0.05, 0) is 24.0 Å². The van der Waals surface area contributed by atoms with Gasteiger partial charge in [-0.15, -0.1) is 0 Å². The second kappa shape index (κ2) is 5.10. The minimum Gasteiger partial charge on any atom is -0.423 e. The van der Waals surface area contributed by atoms with Crippen molar-refractivity contribution in [2.24, 2.45) is 0 Å². The highest BCUT2D eigenvalue weighted by Gasteiger charge is 2.13. The normalized spacial score (nSPS) is 10.0. The number of aromatic amines is 1. The Hall–Kier alpha value is -2.36. The zero-order valence-corrected chi connectivity index (χ0v) is 10.2. The van der Waals surface area contributed by atoms with Gasteiger partial charge in [0, 0.05) is 11.3 Å². The number of pyridine rings is 1. The van der Waals surface area contributed by atoms with E-state index in [9.17, 15) is 4.79 Å². The number of nitriles is 1. The van der Waals surface area contributed by atoms with Crippen molar-refractivity contribution >= 4 is 12.6 Å². The summed E-state index contributed by atoms with van der Waals surface area (Å²) in [6.45, 7) is 1.73. The van der Waals surface area contributed by atoms with Crippen LogP contribution in [0.25, 0.3) is 11.1 Å². The number of H-pyrrole nitrogens is 1. The quantitative estimate of drug-likeness (QED) is 0.652. The van der Waals surface area contributed by atoms with E-state index in [-0.39, 0.29) is 5.56 Å².